The molecule has 52 heavy (non-hydrogen) atoms. The minimum Gasteiger partial charge on any atom is -0.481 e. The van der Waals surface area contributed by atoms with Gasteiger partial charge in [0.25, 0.3) is 11.9 Å². The molecule has 0 aromatic rings. The molecule has 0 rings (SSSR count). The van der Waals surface area contributed by atoms with E-state index >= 15 is 0 Å². The molecule has 0 saturated carbocycles. The van der Waals surface area contributed by atoms with E-state index in [0.717, 1.165) is 38.2 Å². The minimum atomic E-state index is -0.833. The number of carbonyl (C=O) groups excluding carboxylic acids is 2. The van der Waals surface area contributed by atoms with Crippen molar-refractivity contribution in [1.82, 2.24) is 5.32 Å². The summed E-state index contributed by atoms with van der Waals surface area (Å²) in [5.41, 5.74) is 7.55. The average Bonchev–Trinajstić information content (AvgIpc) is 3.09. The Bertz CT molecular complexity index is 1350. The number of aliphatic hydroxyl groups is 1. The summed E-state index contributed by atoms with van der Waals surface area (Å²) in [4.78, 5) is 46.8. The number of allylic oxidation sites excluding steroid dienone is 13. The third kappa shape index (κ3) is 35.0. The molecule has 0 spiro atoms. The number of alkyl halides is 1. The number of hydrogen-bond donors (Lipinski definition) is 5. The second-order valence-electron chi connectivity index (χ2n) is 10.8. The zero-order chi connectivity index (χ0) is 40.2. The van der Waals surface area contributed by atoms with Gasteiger partial charge in [-0.25, -0.2) is 4.39 Å². The summed E-state index contributed by atoms with van der Waals surface area (Å²) in [6.45, 7) is 15.5. The number of nitrogens with two attached hydrogens (primary N) is 1. The van der Waals surface area contributed by atoms with Crippen LogP contribution in [0.3, 0.4) is 0 Å². The van der Waals surface area contributed by atoms with Crippen LogP contribution in [-0.4, -0.2) is 63.9 Å². The number of aliphatic hydroxyl groups excluding tert-OH is 1. The van der Waals surface area contributed by atoms with Gasteiger partial charge in [0.2, 0.25) is 5.91 Å². The number of carboxylic acid groups (broad SMARTS) is 2. The Labute approximate surface area is 313 Å². The fourth-order valence-corrected chi connectivity index (χ4v) is 4.24. The number of halogens is 1. The normalized spacial score (nSPS) is 13.6. The number of primary amides is 1. The topological polar surface area (TPSA) is 179 Å². The summed E-state index contributed by atoms with van der Waals surface area (Å²) in [6, 6.07) is 0. The van der Waals surface area contributed by atoms with Crippen molar-refractivity contribution >= 4 is 40.6 Å². The van der Waals surface area contributed by atoms with E-state index in [0.29, 0.717) is 30.5 Å². The van der Waals surface area contributed by atoms with Crippen LogP contribution in [0, 0.1) is 5.92 Å². The van der Waals surface area contributed by atoms with Crippen LogP contribution in [0.2, 0.25) is 0 Å². The molecule has 10 nitrogen and oxygen atoms in total. The predicted octanol–water partition coefficient (Wildman–Crippen LogP) is 8.10. The monoisotopic (exact) mass is 743 g/mol. The summed E-state index contributed by atoms with van der Waals surface area (Å²) in [5, 5.41) is 30.4. The quantitative estimate of drug-likeness (QED) is 0.0319. The number of unbranched alkanes of at least 4 members (excludes halogenated alkanes) is 2. The molecule has 0 aliphatic rings. The number of hydrogen-bond acceptors (Lipinski definition) is 7. The number of thioether (sulfide) groups is 1. The highest BCUT2D eigenvalue weighted by Crippen LogP contribution is 2.12. The van der Waals surface area contributed by atoms with Crippen LogP contribution < -0.4 is 11.1 Å². The van der Waals surface area contributed by atoms with Gasteiger partial charge in [-0.15, -0.1) is 0 Å². The van der Waals surface area contributed by atoms with Crippen LogP contribution in [0.25, 0.3) is 0 Å². The zero-order valence-corrected chi connectivity index (χ0v) is 31.8. The second kappa shape index (κ2) is 36.0. The molecule has 0 radical (unpaired) electrons. The van der Waals surface area contributed by atoms with Gasteiger partial charge in [0.05, 0.1) is 6.10 Å². The van der Waals surface area contributed by atoms with E-state index in [4.69, 9.17) is 20.7 Å². The maximum atomic E-state index is 12.3. The number of aliphatic imine (C=N–C) groups is 1. The largest absolute Gasteiger partial charge is 0.481 e. The van der Waals surface area contributed by atoms with Crippen molar-refractivity contribution < 1.29 is 38.9 Å². The Morgan fingerprint density at radius 3 is 2.12 bits per heavy atom. The van der Waals surface area contributed by atoms with Gasteiger partial charge in [-0.1, -0.05) is 112 Å². The van der Waals surface area contributed by atoms with E-state index in [1.54, 1.807) is 41.9 Å². The predicted molar refractivity (Wildman–Crippen MR) is 214 cm³/mol. The molecular formula is C40H58FN3O7S. The van der Waals surface area contributed by atoms with Crippen molar-refractivity contribution in [3.05, 3.63) is 121 Å². The molecule has 0 aromatic heterocycles. The van der Waals surface area contributed by atoms with Crippen molar-refractivity contribution in [1.29, 1.82) is 0 Å². The SMILES string of the molecule is C=C/C(=C\C=C\C(C)CC(=O)N/C(C=C)=C/C=C/CC/C=C/SC(=NC)C(N)=O)CCCCC(=O)O.C=C/C=C(\C=C/CF)C(O)CC.CC(=O)O. The Hall–Kier alpha value is -4.81. The summed E-state index contributed by atoms with van der Waals surface area (Å²) in [7, 11) is 1.52. The molecule has 288 valence electrons. The molecule has 0 aliphatic carbocycles. The van der Waals surface area contributed by atoms with E-state index in [2.05, 4.69) is 30.0 Å². The van der Waals surface area contributed by atoms with Gasteiger partial charge in [-0.2, -0.15) is 0 Å². The number of carbonyl (C=O) groups is 4. The molecule has 2 amide bonds. The molecule has 0 bridgehead atoms. The Morgan fingerprint density at radius 2 is 1.60 bits per heavy atom. The molecule has 2 unspecified atom stereocenters. The van der Waals surface area contributed by atoms with E-state index in [1.807, 2.05) is 50.3 Å². The smallest absolute Gasteiger partial charge is 0.303 e. The van der Waals surface area contributed by atoms with E-state index < -0.39 is 30.6 Å². The standard InChI is InChI=1S/C28H39N3O4S.C10H15FO.C2H4O2/c1-5-23(16-11-12-19-26(33)34)17-14-15-22(3)21-25(32)31-24(6-2)18-10-8-7-9-13-20-36-28(30-4)27(29)35;1-3-6-9(7-5-8-11)10(12)4-2;1-2(3)4/h5-6,8,10,13-15,17-18,20,22H,1-2,7,9,11-12,16,19,21H2,3-4H3,(H2,29,35)(H,31,32)(H,33,34);3,5-7,10,12H,1,4,8H2,2H3;1H3,(H,3,4)/b10-8+,15-14+,20-13+,23-17+,24-18+,30-28?;7-5-,9-6+;. The van der Waals surface area contributed by atoms with Gasteiger partial charge in [0.15, 0.2) is 5.04 Å². The summed E-state index contributed by atoms with van der Waals surface area (Å²) in [6.07, 6.45) is 27.4. The highest BCUT2D eigenvalue weighted by atomic mass is 32.2. The van der Waals surface area contributed by atoms with Crippen molar-refractivity contribution in [2.75, 3.05) is 13.7 Å². The van der Waals surface area contributed by atoms with Crippen LogP contribution in [0.1, 0.15) is 72.1 Å². The zero-order valence-electron chi connectivity index (χ0n) is 31.0. The lowest BCUT2D eigenvalue weighted by molar-refractivity contribution is -0.137. The molecule has 2 atom stereocenters. The van der Waals surface area contributed by atoms with E-state index in [-0.39, 0.29) is 23.3 Å². The van der Waals surface area contributed by atoms with Gasteiger partial charge >= 0.3 is 5.97 Å². The molecular weight excluding hydrogens is 686 g/mol. The van der Waals surface area contributed by atoms with Crippen molar-refractivity contribution in [2.45, 2.75) is 78.2 Å². The summed E-state index contributed by atoms with van der Waals surface area (Å²) < 4.78 is 11.7. The van der Waals surface area contributed by atoms with Gasteiger partial charge in [0, 0.05) is 32.5 Å². The number of nitrogens with zero attached hydrogens (tertiary/aromatic N) is 1. The van der Waals surface area contributed by atoms with Crippen LogP contribution in [0.5, 0.6) is 0 Å². The van der Waals surface area contributed by atoms with Crippen LogP contribution >= 0.6 is 11.8 Å². The molecule has 0 heterocycles. The van der Waals surface area contributed by atoms with Gasteiger partial charge < -0.3 is 26.4 Å². The molecule has 6 N–H and O–H groups in total. The fourth-order valence-electron chi connectivity index (χ4n) is 3.65. The summed E-state index contributed by atoms with van der Waals surface area (Å²) in [5.74, 6) is -2.21. The number of amides is 2. The Balaban J connectivity index is -0.00000124. The molecule has 0 saturated heterocycles. The molecule has 12 heteroatoms. The lowest BCUT2D eigenvalue weighted by Gasteiger charge is -2.08. The average molecular weight is 744 g/mol. The molecule has 0 aliphatic heterocycles. The van der Waals surface area contributed by atoms with Crippen LogP contribution in [0.15, 0.2) is 126 Å². The molecule has 0 aromatic carbocycles. The van der Waals surface area contributed by atoms with E-state index in [9.17, 15) is 23.9 Å². The maximum absolute atomic E-state index is 12.3. The summed E-state index contributed by atoms with van der Waals surface area (Å²) >= 11 is 1.19. The second-order valence-corrected chi connectivity index (χ2v) is 11.7. The third-order valence-electron chi connectivity index (χ3n) is 6.21. The number of rotatable bonds is 22. The van der Waals surface area contributed by atoms with Crippen molar-refractivity contribution in [2.24, 2.45) is 16.6 Å². The Morgan fingerprint density at radius 1 is 0.962 bits per heavy atom. The lowest BCUT2D eigenvalue weighted by atomic mass is 10.0. The minimum absolute atomic E-state index is 0.0402. The highest BCUT2D eigenvalue weighted by molar-refractivity contribution is 8.18. The van der Waals surface area contributed by atoms with Gasteiger partial charge in [-0.3, -0.25) is 24.2 Å². The first-order valence-electron chi connectivity index (χ1n) is 16.7. The van der Waals surface area contributed by atoms with Crippen molar-refractivity contribution in [3.63, 3.8) is 0 Å². The number of aliphatic carboxylic acids is 2. The first-order chi connectivity index (χ1) is 24.7. The highest BCUT2D eigenvalue weighted by Gasteiger charge is 2.07. The fraction of sp³-hybridized carbons (Fsp3) is 0.375. The van der Waals surface area contributed by atoms with Crippen LogP contribution in [0.4, 0.5) is 4.39 Å². The van der Waals surface area contributed by atoms with Crippen LogP contribution in [-0.2, 0) is 19.2 Å². The van der Waals surface area contributed by atoms with Crippen molar-refractivity contribution in [3.8, 4) is 0 Å². The van der Waals surface area contributed by atoms with E-state index in [1.165, 1.54) is 24.9 Å². The number of nitrogens with one attached hydrogen (secondary N) is 1. The number of carboxylic acids is 2. The maximum Gasteiger partial charge on any atom is 0.303 e. The van der Waals surface area contributed by atoms with Gasteiger partial charge in [-0.05, 0) is 73.1 Å². The third-order valence-corrected chi connectivity index (χ3v) is 7.15. The molecule has 0 fully saturated rings. The first-order valence-corrected chi connectivity index (χ1v) is 17.6. The first kappa shape index (κ1) is 51.6. The lowest BCUT2D eigenvalue weighted by Crippen LogP contribution is -2.23. The van der Waals surface area contributed by atoms with Gasteiger partial charge in [0.1, 0.15) is 6.67 Å². The Kier molecular flexibility index (Phi) is 35.7.